The van der Waals surface area contributed by atoms with Crippen molar-refractivity contribution in [3.05, 3.63) is 33.4 Å². The van der Waals surface area contributed by atoms with Crippen LogP contribution in [0.1, 0.15) is 19.4 Å². The van der Waals surface area contributed by atoms with Gasteiger partial charge in [-0.2, -0.15) is 0 Å². The molecule has 0 saturated heterocycles. The SMILES string of the molecule is CCOC(=O)C(Cc1ccccc1I)C(=O)OCC.[NaH]. The molecule has 20 heavy (non-hydrogen) atoms. The number of ether oxygens (including phenoxy) is 2. The predicted molar refractivity (Wildman–Crippen MR) is 86.8 cm³/mol. The van der Waals surface area contributed by atoms with Crippen molar-refractivity contribution in [3.8, 4) is 0 Å². The number of benzene rings is 1. The zero-order chi connectivity index (χ0) is 14.3. The molecular weight excluding hydrogens is 382 g/mol. The van der Waals surface area contributed by atoms with E-state index in [2.05, 4.69) is 22.6 Å². The summed E-state index contributed by atoms with van der Waals surface area (Å²) in [7, 11) is 0. The van der Waals surface area contributed by atoms with Crippen molar-refractivity contribution in [2.24, 2.45) is 5.92 Å². The fourth-order valence-electron chi connectivity index (χ4n) is 1.63. The Bertz CT molecular complexity index is 433. The summed E-state index contributed by atoms with van der Waals surface area (Å²) in [5.74, 6) is -1.95. The summed E-state index contributed by atoms with van der Waals surface area (Å²) in [6, 6.07) is 7.62. The number of halogens is 1. The Hall–Kier alpha value is -0.110. The fourth-order valence-corrected chi connectivity index (χ4v) is 2.24. The molecular formula is C14H18INaO4. The van der Waals surface area contributed by atoms with Crippen molar-refractivity contribution in [2.75, 3.05) is 13.2 Å². The Kier molecular flexibility index (Phi) is 10.5. The molecule has 0 aromatic heterocycles. The average Bonchev–Trinajstić information content (AvgIpc) is 2.38. The summed E-state index contributed by atoms with van der Waals surface area (Å²) in [5, 5.41) is 0. The van der Waals surface area contributed by atoms with Crippen molar-refractivity contribution in [1.82, 2.24) is 0 Å². The second-order valence-electron chi connectivity index (χ2n) is 3.85. The van der Waals surface area contributed by atoms with E-state index in [1.54, 1.807) is 13.8 Å². The molecule has 0 aliphatic heterocycles. The van der Waals surface area contributed by atoms with Crippen LogP contribution in [0, 0.1) is 9.49 Å². The zero-order valence-electron chi connectivity index (χ0n) is 11.0. The van der Waals surface area contributed by atoms with E-state index >= 15 is 0 Å². The van der Waals surface area contributed by atoms with Crippen molar-refractivity contribution in [1.29, 1.82) is 0 Å². The first-order valence-electron chi connectivity index (χ1n) is 6.16. The Labute approximate surface area is 155 Å². The minimum absolute atomic E-state index is 0. The van der Waals surface area contributed by atoms with E-state index < -0.39 is 17.9 Å². The summed E-state index contributed by atoms with van der Waals surface area (Å²) in [6.07, 6.45) is 0.302. The summed E-state index contributed by atoms with van der Waals surface area (Å²) in [5.41, 5.74) is 0.939. The number of hydrogen-bond acceptors (Lipinski definition) is 4. The van der Waals surface area contributed by atoms with E-state index in [0.29, 0.717) is 6.42 Å². The van der Waals surface area contributed by atoms with Gasteiger partial charge < -0.3 is 9.47 Å². The maximum atomic E-state index is 11.8. The number of esters is 2. The molecule has 1 aromatic carbocycles. The molecule has 0 aliphatic rings. The third kappa shape index (κ3) is 6.11. The van der Waals surface area contributed by atoms with Crippen LogP contribution in [-0.2, 0) is 25.5 Å². The molecule has 6 heteroatoms. The second-order valence-corrected chi connectivity index (χ2v) is 5.01. The quantitative estimate of drug-likeness (QED) is 0.317. The molecule has 0 N–H and O–H groups in total. The third-order valence-corrected chi connectivity index (χ3v) is 3.58. The third-order valence-electron chi connectivity index (χ3n) is 2.52. The van der Waals surface area contributed by atoms with Gasteiger partial charge >= 0.3 is 41.5 Å². The topological polar surface area (TPSA) is 52.6 Å². The molecule has 0 aliphatic carbocycles. The van der Waals surface area contributed by atoms with Crippen LogP contribution in [0.15, 0.2) is 24.3 Å². The van der Waals surface area contributed by atoms with Crippen LogP contribution < -0.4 is 0 Å². The summed E-state index contributed by atoms with van der Waals surface area (Å²) < 4.78 is 10.9. The number of carbonyl (C=O) groups is 2. The van der Waals surface area contributed by atoms with Crippen molar-refractivity contribution in [3.63, 3.8) is 0 Å². The normalized spacial score (nSPS) is 9.80. The fraction of sp³-hybridized carbons (Fsp3) is 0.429. The van der Waals surface area contributed by atoms with Gasteiger partial charge in [-0.1, -0.05) is 18.2 Å². The molecule has 0 saturated carbocycles. The van der Waals surface area contributed by atoms with Gasteiger partial charge in [-0.15, -0.1) is 0 Å². The standard InChI is InChI=1S/C14H17IO4.Na.H/c1-3-18-13(16)11(14(17)19-4-2)9-10-7-5-6-8-12(10)15;;/h5-8,11H,3-4,9H2,1-2H3;;. The summed E-state index contributed by atoms with van der Waals surface area (Å²) in [6.45, 7) is 3.93. The van der Waals surface area contributed by atoms with E-state index in [-0.39, 0.29) is 42.8 Å². The first-order valence-corrected chi connectivity index (χ1v) is 7.24. The van der Waals surface area contributed by atoms with Gasteiger partial charge in [-0.3, -0.25) is 9.59 Å². The van der Waals surface area contributed by atoms with Crippen LogP contribution in [0.5, 0.6) is 0 Å². The Morgan fingerprint density at radius 3 is 2.05 bits per heavy atom. The number of carbonyl (C=O) groups excluding carboxylic acids is 2. The first-order chi connectivity index (χ1) is 9.10. The summed E-state index contributed by atoms with van der Waals surface area (Å²) in [4.78, 5) is 23.7. The van der Waals surface area contributed by atoms with Crippen molar-refractivity contribution >= 4 is 64.1 Å². The minimum atomic E-state index is -0.893. The molecule has 0 radical (unpaired) electrons. The molecule has 1 aromatic rings. The molecule has 0 fully saturated rings. The van der Waals surface area contributed by atoms with Crippen LogP contribution in [0.3, 0.4) is 0 Å². The van der Waals surface area contributed by atoms with Crippen LogP contribution in [0.2, 0.25) is 0 Å². The molecule has 0 spiro atoms. The number of hydrogen-bond donors (Lipinski definition) is 0. The molecule has 0 heterocycles. The van der Waals surface area contributed by atoms with Gasteiger partial charge in [-0.25, -0.2) is 0 Å². The molecule has 0 bridgehead atoms. The number of rotatable bonds is 6. The summed E-state index contributed by atoms with van der Waals surface area (Å²) >= 11 is 2.18. The Morgan fingerprint density at radius 1 is 1.10 bits per heavy atom. The molecule has 106 valence electrons. The monoisotopic (exact) mass is 400 g/mol. The van der Waals surface area contributed by atoms with Crippen LogP contribution in [0.4, 0.5) is 0 Å². The molecule has 1 rings (SSSR count). The van der Waals surface area contributed by atoms with Gasteiger partial charge in [0.2, 0.25) is 0 Å². The molecule has 4 nitrogen and oxygen atoms in total. The Morgan fingerprint density at radius 2 is 1.60 bits per heavy atom. The second kappa shape index (κ2) is 10.6. The van der Waals surface area contributed by atoms with E-state index in [4.69, 9.17) is 9.47 Å². The molecule has 0 atom stereocenters. The van der Waals surface area contributed by atoms with Crippen molar-refractivity contribution in [2.45, 2.75) is 20.3 Å². The van der Waals surface area contributed by atoms with Gasteiger partial charge in [-0.05, 0) is 54.5 Å². The maximum absolute atomic E-state index is 11.8. The van der Waals surface area contributed by atoms with E-state index in [1.807, 2.05) is 24.3 Å². The van der Waals surface area contributed by atoms with Gasteiger partial charge in [0.15, 0.2) is 5.92 Å². The van der Waals surface area contributed by atoms with E-state index in [0.717, 1.165) is 9.13 Å². The molecule has 0 amide bonds. The van der Waals surface area contributed by atoms with Gasteiger partial charge in [0, 0.05) is 3.57 Å². The van der Waals surface area contributed by atoms with E-state index in [1.165, 1.54) is 0 Å². The first kappa shape index (κ1) is 19.9. The Balaban J connectivity index is 0.00000361. The van der Waals surface area contributed by atoms with Crippen molar-refractivity contribution < 1.29 is 19.1 Å². The average molecular weight is 400 g/mol. The van der Waals surface area contributed by atoms with Gasteiger partial charge in [0.1, 0.15) is 0 Å². The van der Waals surface area contributed by atoms with Crippen LogP contribution in [-0.4, -0.2) is 54.7 Å². The molecule has 0 unspecified atom stereocenters. The zero-order valence-corrected chi connectivity index (χ0v) is 13.2. The van der Waals surface area contributed by atoms with Crippen LogP contribution >= 0.6 is 22.6 Å². The predicted octanol–water partition coefficient (Wildman–Crippen LogP) is 1.93. The van der Waals surface area contributed by atoms with Gasteiger partial charge in [0.25, 0.3) is 0 Å². The van der Waals surface area contributed by atoms with E-state index in [9.17, 15) is 9.59 Å². The van der Waals surface area contributed by atoms with Gasteiger partial charge in [0.05, 0.1) is 13.2 Å². The van der Waals surface area contributed by atoms with Crippen LogP contribution in [0.25, 0.3) is 0 Å².